The molecule has 270 valence electrons. The molecule has 4 nitrogen and oxygen atoms in total. The van der Waals surface area contributed by atoms with E-state index in [-0.39, 0.29) is 11.6 Å². The second kappa shape index (κ2) is 17.9. The van der Waals surface area contributed by atoms with Crippen LogP contribution in [0.5, 0.6) is 5.75 Å². The van der Waals surface area contributed by atoms with Crippen molar-refractivity contribution in [2.75, 3.05) is 7.11 Å². The molecule has 9 heteroatoms. The molecular formula is C43H45F2N3OS3. The van der Waals surface area contributed by atoms with Gasteiger partial charge in [-0.1, -0.05) is 30.3 Å². The lowest BCUT2D eigenvalue weighted by atomic mass is 10.1. The summed E-state index contributed by atoms with van der Waals surface area (Å²) in [5.74, 6) is 0.726. The number of ether oxygens (including phenoxy) is 1. The van der Waals surface area contributed by atoms with Crippen LogP contribution in [0.15, 0.2) is 107 Å². The zero-order valence-corrected chi connectivity index (χ0v) is 31.8. The highest BCUT2D eigenvalue weighted by Crippen LogP contribution is 2.32. The van der Waals surface area contributed by atoms with Gasteiger partial charge in [-0.05, 0) is 132 Å². The van der Waals surface area contributed by atoms with Gasteiger partial charge in [0, 0.05) is 69.1 Å². The van der Waals surface area contributed by atoms with E-state index in [0.717, 1.165) is 52.0 Å². The van der Waals surface area contributed by atoms with Gasteiger partial charge in [0.2, 0.25) is 0 Å². The third-order valence-electron chi connectivity index (χ3n) is 9.24. The molecule has 0 radical (unpaired) electrons. The van der Waals surface area contributed by atoms with E-state index in [2.05, 4.69) is 57.7 Å². The molecule has 9 rings (SSSR count). The van der Waals surface area contributed by atoms with Crippen LogP contribution in [0.4, 0.5) is 8.78 Å². The van der Waals surface area contributed by atoms with Crippen LogP contribution in [0.3, 0.4) is 0 Å². The molecule has 3 aromatic heterocycles. The van der Waals surface area contributed by atoms with E-state index in [4.69, 9.17) is 4.74 Å². The Morgan fingerprint density at radius 3 is 1.60 bits per heavy atom. The number of methoxy groups -OCH3 is 1. The predicted octanol–water partition coefficient (Wildman–Crippen LogP) is 11.3. The minimum absolute atomic E-state index is 0.113. The number of thiophene rings is 3. The third kappa shape index (κ3) is 10.7. The van der Waals surface area contributed by atoms with Gasteiger partial charge in [-0.2, -0.15) is 0 Å². The lowest BCUT2D eigenvalue weighted by molar-refractivity contribution is 0.407. The maximum absolute atomic E-state index is 13.7. The van der Waals surface area contributed by atoms with E-state index in [1.54, 1.807) is 53.3 Å². The Morgan fingerprint density at radius 2 is 1.06 bits per heavy atom. The first-order valence-corrected chi connectivity index (χ1v) is 20.7. The number of benzene rings is 3. The molecule has 0 saturated heterocycles. The summed E-state index contributed by atoms with van der Waals surface area (Å²) >= 11 is 5.03. The van der Waals surface area contributed by atoms with Crippen molar-refractivity contribution in [3.05, 3.63) is 135 Å². The molecule has 3 fully saturated rings. The van der Waals surface area contributed by atoms with Gasteiger partial charge in [-0.3, -0.25) is 0 Å². The summed E-state index contributed by atoms with van der Waals surface area (Å²) in [6.07, 6.45) is 7.64. The molecular weight excluding hydrogens is 709 g/mol. The first-order valence-electron chi connectivity index (χ1n) is 18.1. The van der Waals surface area contributed by atoms with E-state index in [9.17, 15) is 8.78 Å². The van der Waals surface area contributed by atoms with Crippen LogP contribution in [-0.2, 0) is 19.6 Å². The van der Waals surface area contributed by atoms with Crippen LogP contribution in [0.25, 0.3) is 31.3 Å². The topological polar surface area (TPSA) is 45.3 Å². The highest BCUT2D eigenvalue weighted by atomic mass is 32.1. The largest absolute Gasteiger partial charge is 0.496 e. The summed E-state index contributed by atoms with van der Waals surface area (Å²) in [6.45, 7) is 2.37. The van der Waals surface area contributed by atoms with E-state index in [0.29, 0.717) is 18.6 Å². The summed E-state index contributed by atoms with van der Waals surface area (Å²) in [6, 6.07) is 31.5. The average Bonchev–Trinajstić information content (AvgIpc) is 4.15. The van der Waals surface area contributed by atoms with Gasteiger partial charge in [0.25, 0.3) is 0 Å². The van der Waals surface area contributed by atoms with E-state index in [1.165, 1.54) is 59.4 Å². The lowest BCUT2D eigenvalue weighted by Gasteiger charge is -2.11. The second-order valence-electron chi connectivity index (χ2n) is 13.5. The fraction of sp³-hybridized carbons (Fsp3) is 0.302. The number of nitrogens with one attached hydrogen (secondary N) is 3. The lowest BCUT2D eigenvalue weighted by Crippen LogP contribution is -2.16. The van der Waals surface area contributed by atoms with Gasteiger partial charge < -0.3 is 20.7 Å². The Labute approximate surface area is 317 Å². The summed E-state index contributed by atoms with van der Waals surface area (Å²) < 4.78 is 32.8. The number of halogens is 2. The highest BCUT2D eigenvalue weighted by Gasteiger charge is 2.22. The maximum atomic E-state index is 13.7. The molecule has 6 aromatic rings. The van der Waals surface area contributed by atoms with Crippen LogP contribution < -0.4 is 20.7 Å². The smallest absolute Gasteiger partial charge is 0.131 e. The summed E-state index contributed by atoms with van der Waals surface area (Å²) in [5.41, 5.74) is 6.27. The van der Waals surface area contributed by atoms with Gasteiger partial charge in [-0.15, -0.1) is 34.0 Å². The van der Waals surface area contributed by atoms with E-state index in [1.807, 2.05) is 53.2 Å². The summed E-state index contributed by atoms with van der Waals surface area (Å²) in [5, 5.41) is 16.5. The van der Waals surface area contributed by atoms with Crippen LogP contribution in [0.1, 0.15) is 55.2 Å². The van der Waals surface area contributed by atoms with E-state index < -0.39 is 0 Å². The minimum Gasteiger partial charge on any atom is -0.496 e. The molecule has 3 aliphatic carbocycles. The Balaban J connectivity index is 0.000000121. The van der Waals surface area contributed by atoms with Gasteiger partial charge in [0.1, 0.15) is 17.4 Å². The molecule has 3 saturated carbocycles. The quantitative estimate of drug-likeness (QED) is 0.110. The normalized spacial score (nSPS) is 15.0. The van der Waals surface area contributed by atoms with Crippen molar-refractivity contribution >= 4 is 34.0 Å². The average molecular weight is 754 g/mol. The van der Waals surface area contributed by atoms with Crippen LogP contribution in [0, 0.1) is 11.6 Å². The number of hydrogen-bond acceptors (Lipinski definition) is 7. The Morgan fingerprint density at radius 1 is 0.558 bits per heavy atom. The van der Waals surface area contributed by atoms with Crippen molar-refractivity contribution in [1.29, 1.82) is 0 Å². The molecule has 0 spiro atoms. The van der Waals surface area contributed by atoms with Crippen LogP contribution >= 0.6 is 34.0 Å². The first-order chi connectivity index (χ1) is 25.5. The fourth-order valence-electron chi connectivity index (χ4n) is 5.76. The standard InChI is InChI=1S/C15H17NOS.2C14H14FNS/c1-17-14-7-4-11(15-3-2-8-18-15)9-12(14)10-16-13-5-6-13;15-13-6-3-10(14-2-1-7-17-14)8-11(13)9-16-12-4-5-12;15-13-6-3-10(9-16-11-4-5-11)8-12(13)14-2-1-7-17-14/h2-4,7-9,13,16H,5-6,10H2,1H3;1-3,6-8,12,16H,4-5,9H2;1-3,6-8,11,16H,4-5,9H2. The van der Waals surface area contributed by atoms with Crippen molar-refractivity contribution in [3.8, 4) is 37.1 Å². The Kier molecular flexibility index (Phi) is 12.6. The van der Waals surface area contributed by atoms with Crippen molar-refractivity contribution < 1.29 is 13.5 Å². The van der Waals surface area contributed by atoms with E-state index >= 15 is 0 Å². The van der Waals surface area contributed by atoms with Crippen LogP contribution in [-0.4, -0.2) is 25.2 Å². The molecule has 0 amide bonds. The highest BCUT2D eigenvalue weighted by molar-refractivity contribution is 7.14. The SMILES string of the molecule is COc1ccc(-c2cccs2)cc1CNC1CC1.Fc1ccc(-c2cccs2)cc1CNC1CC1.Fc1ccc(CNC2CC2)cc1-c1cccs1. The molecule has 3 N–H and O–H groups in total. The third-order valence-corrected chi connectivity index (χ3v) is 12.0. The number of rotatable bonds is 13. The number of hydrogen-bond donors (Lipinski definition) is 3. The van der Waals surface area contributed by atoms with Gasteiger partial charge in [0.05, 0.1) is 7.11 Å². The van der Waals surface area contributed by atoms with Crippen molar-refractivity contribution in [2.24, 2.45) is 0 Å². The fourth-order valence-corrected chi connectivity index (χ4v) is 7.95. The van der Waals surface area contributed by atoms with Gasteiger partial charge >= 0.3 is 0 Å². The van der Waals surface area contributed by atoms with Crippen molar-refractivity contribution in [2.45, 2.75) is 76.3 Å². The molecule has 3 heterocycles. The van der Waals surface area contributed by atoms with Crippen molar-refractivity contribution in [3.63, 3.8) is 0 Å². The molecule has 0 bridgehead atoms. The Bertz CT molecular complexity index is 1980. The van der Waals surface area contributed by atoms with Gasteiger partial charge in [-0.25, -0.2) is 8.78 Å². The van der Waals surface area contributed by atoms with Crippen molar-refractivity contribution in [1.82, 2.24) is 16.0 Å². The van der Waals surface area contributed by atoms with Crippen LogP contribution in [0.2, 0.25) is 0 Å². The predicted molar refractivity (Wildman–Crippen MR) is 215 cm³/mol. The molecule has 0 unspecified atom stereocenters. The first kappa shape index (κ1) is 36.6. The molecule has 0 atom stereocenters. The van der Waals surface area contributed by atoms with Gasteiger partial charge in [0.15, 0.2) is 0 Å². The molecule has 52 heavy (non-hydrogen) atoms. The zero-order chi connectivity index (χ0) is 35.7. The molecule has 3 aliphatic rings. The second-order valence-corrected chi connectivity index (χ2v) is 16.4. The summed E-state index contributed by atoms with van der Waals surface area (Å²) in [4.78, 5) is 3.50. The minimum atomic E-state index is -0.136. The maximum Gasteiger partial charge on any atom is 0.131 e. The summed E-state index contributed by atoms with van der Waals surface area (Å²) in [7, 11) is 1.74. The monoisotopic (exact) mass is 753 g/mol. The Hall–Kier alpha value is -3.70. The zero-order valence-electron chi connectivity index (χ0n) is 29.4. The molecule has 0 aliphatic heterocycles. The molecule has 3 aromatic carbocycles.